The van der Waals surface area contributed by atoms with Crippen LogP contribution in [-0.4, -0.2) is 40.5 Å². The summed E-state index contributed by atoms with van der Waals surface area (Å²) in [4.78, 5) is 10.7. The Morgan fingerprint density at radius 3 is 3.00 bits per heavy atom. The Labute approximate surface area is 100 Å². The molecule has 1 aromatic heterocycles. The van der Waals surface area contributed by atoms with Gasteiger partial charge in [-0.2, -0.15) is 0 Å². The first kappa shape index (κ1) is 11.7. The highest BCUT2D eigenvalue weighted by Crippen LogP contribution is 2.23. The normalized spacial score (nSPS) is 25.8. The van der Waals surface area contributed by atoms with Crippen LogP contribution in [0.5, 0.6) is 0 Å². The van der Waals surface area contributed by atoms with Crippen LogP contribution in [0.4, 0.5) is 5.82 Å². The number of nitrogens with zero attached hydrogens (tertiary/aromatic N) is 3. The van der Waals surface area contributed by atoms with E-state index in [2.05, 4.69) is 21.8 Å². The Morgan fingerprint density at radius 1 is 1.50 bits per heavy atom. The number of hydrogen-bond acceptors (Lipinski definition) is 5. The molecule has 1 N–H and O–H groups in total. The van der Waals surface area contributed by atoms with Crippen LogP contribution in [-0.2, 0) is 0 Å². The van der Waals surface area contributed by atoms with Crippen LogP contribution in [0.2, 0.25) is 0 Å². The van der Waals surface area contributed by atoms with Gasteiger partial charge in [-0.05, 0) is 18.6 Å². The number of thioether (sulfide) groups is 1. The number of aromatic nitrogens is 2. The molecule has 2 unspecified atom stereocenters. The van der Waals surface area contributed by atoms with Crippen molar-refractivity contribution in [2.24, 2.45) is 5.92 Å². The summed E-state index contributed by atoms with van der Waals surface area (Å²) in [6, 6.07) is 2.01. The fourth-order valence-corrected chi connectivity index (χ4v) is 2.33. The van der Waals surface area contributed by atoms with E-state index >= 15 is 0 Å². The summed E-state index contributed by atoms with van der Waals surface area (Å²) in [5.74, 6) is 1.28. The molecule has 1 aliphatic rings. The predicted molar refractivity (Wildman–Crippen MR) is 65.8 cm³/mol. The van der Waals surface area contributed by atoms with E-state index in [1.54, 1.807) is 18.1 Å². The van der Waals surface area contributed by atoms with E-state index in [0.29, 0.717) is 5.92 Å². The summed E-state index contributed by atoms with van der Waals surface area (Å²) in [7, 11) is 0. The molecule has 0 aromatic carbocycles. The van der Waals surface area contributed by atoms with Crippen molar-refractivity contribution in [2.45, 2.75) is 24.5 Å². The van der Waals surface area contributed by atoms with Gasteiger partial charge in [0.1, 0.15) is 17.2 Å². The SMILES string of the molecule is CSc1cc(N2CCC(O)C(C)C2)ncn1. The third-order valence-electron chi connectivity index (χ3n) is 3.02. The lowest BCUT2D eigenvalue weighted by atomic mass is 9.97. The van der Waals surface area contributed by atoms with Crippen LogP contribution in [0, 0.1) is 5.92 Å². The van der Waals surface area contributed by atoms with E-state index in [1.807, 2.05) is 12.3 Å². The van der Waals surface area contributed by atoms with Gasteiger partial charge in [-0.1, -0.05) is 6.92 Å². The zero-order valence-electron chi connectivity index (χ0n) is 9.63. The average Bonchev–Trinajstić information content (AvgIpc) is 2.33. The highest BCUT2D eigenvalue weighted by atomic mass is 32.2. The Bertz CT molecular complexity index is 361. The first-order valence-electron chi connectivity index (χ1n) is 5.49. The van der Waals surface area contributed by atoms with Crippen LogP contribution in [0.1, 0.15) is 13.3 Å². The first-order valence-corrected chi connectivity index (χ1v) is 6.72. The van der Waals surface area contributed by atoms with Crippen LogP contribution < -0.4 is 4.90 Å². The third-order valence-corrected chi connectivity index (χ3v) is 3.66. The topological polar surface area (TPSA) is 49.2 Å². The van der Waals surface area contributed by atoms with Crippen molar-refractivity contribution in [2.75, 3.05) is 24.2 Å². The molecule has 0 bridgehead atoms. The predicted octanol–water partition coefficient (Wildman–Crippen LogP) is 1.41. The Kier molecular flexibility index (Phi) is 3.66. The molecule has 0 radical (unpaired) electrons. The van der Waals surface area contributed by atoms with Crippen LogP contribution in [0.15, 0.2) is 17.4 Å². The van der Waals surface area contributed by atoms with Gasteiger partial charge >= 0.3 is 0 Å². The van der Waals surface area contributed by atoms with Gasteiger partial charge in [-0.15, -0.1) is 11.8 Å². The molecule has 4 nitrogen and oxygen atoms in total. The molecule has 1 fully saturated rings. The second-order valence-electron chi connectivity index (χ2n) is 4.20. The number of aliphatic hydroxyl groups is 1. The quantitative estimate of drug-likeness (QED) is 0.624. The monoisotopic (exact) mass is 239 g/mol. The van der Waals surface area contributed by atoms with Crippen LogP contribution >= 0.6 is 11.8 Å². The van der Waals surface area contributed by atoms with Gasteiger partial charge < -0.3 is 10.0 Å². The Balaban J connectivity index is 2.12. The van der Waals surface area contributed by atoms with Crippen molar-refractivity contribution >= 4 is 17.6 Å². The maximum absolute atomic E-state index is 9.68. The first-order chi connectivity index (χ1) is 7.70. The molecular weight excluding hydrogens is 222 g/mol. The molecule has 1 saturated heterocycles. The summed E-state index contributed by atoms with van der Waals surface area (Å²) < 4.78 is 0. The van der Waals surface area contributed by atoms with E-state index in [4.69, 9.17) is 0 Å². The number of aliphatic hydroxyl groups excluding tert-OH is 1. The fraction of sp³-hybridized carbons (Fsp3) is 0.636. The molecule has 88 valence electrons. The van der Waals surface area contributed by atoms with E-state index in [9.17, 15) is 5.11 Å². The van der Waals surface area contributed by atoms with Gasteiger partial charge in [0.05, 0.1) is 6.10 Å². The lowest BCUT2D eigenvalue weighted by molar-refractivity contribution is 0.0968. The van der Waals surface area contributed by atoms with Crippen molar-refractivity contribution in [3.63, 3.8) is 0 Å². The number of anilines is 1. The molecule has 0 saturated carbocycles. The van der Waals surface area contributed by atoms with Gasteiger partial charge in [0.25, 0.3) is 0 Å². The minimum atomic E-state index is -0.168. The number of piperidine rings is 1. The largest absolute Gasteiger partial charge is 0.393 e. The second kappa shape index (κ2) is 5.01. The molecule has 0 amide bonds. The highest BCUT2D eigenvalue weighted by Gasteiger charge is 2.24. The minimum absolute atomic E-state index is 0.168. The molecule has 2 atom stereocenters. The van der Waals surface area contributed by atoms with Crippen molar-refractivity contribution < 1.29 is 5.11 Å². The van der Waals surface area contributed by atoms with Gasteiger partial charge in [0.15, 0.2) is 0 Å². The molecule has 0 aliphatic carbocycles. The number of hydrogen-bond donors (Lipinski definition) is 1. The van der Waals surface area contributed by atoms with Gasteiger partial charge in [-0.3, -0.25) is 0 Å². The molecule has 1 aliphatic heterocycles. The summed E-state index contributed by atoms with van der Waals surface area (Å²) >= 11 is 1.62. The highest BCUT2D eigenvalue weighted by molar-refractivity contribution is 7.98. The maximum Gasteiger partial charge on any atom is 0.133 e. The minimum Gasteiger partial charge on any atom is -0.393 e. The molecule has 0 spiro atoms. The van der Waals surface area contributed by atoms with Gasteiger partial charge in [0.2, 0.25) is 0 Å². The van der Waals surface area contributed by atoms with Gasteiger partial charge in [0, 0.05) is 19.2 Å². The second-order valence-corrected chi connectivity index (χ2v) is 5.02. The molecule has 2 heterocycles. The molecular formula is C11H17N3OS. The van der Waals surface area contributed by atoms with Crippen LogP contribution in [0.3, 0.4) is 0 Å². The van der Waals surface area contributed by atoms with E-state index in [0.717, 1.165) is 30.4 Å². The maximum atomic E-state index is 9.68. The lowest BCUT2D eigenvalue weighted by Crippen LogP contribution is -2.42. The van der Waals surface area contributed by atoms with Crippen molar-refractivity contribution in [3.8, 4) is 0 Å². The third kappa shape index (κ3) is 2.47. The summed E-state index contributed by atoms with van der Waals surface area (Å²) in [6.45, 7) is 3.82. The molecule has 1 aromatic rings. The standard InChI is InChI=1S/C11H17N3OS/c1-8-6-14(4-3-9(8)15)10-5-11(16-2)13-7-12-10/h5,7-9,15H,3-4,6H2,1-2H3. The van der Waals surface area contributed by atoms with E-state index in [-0.39, 0.29) is 6.10 Å². The van der Waals surface area contributed by atoms with Crippen molar-refractivity contribution in [3.05, 3.63) is 12.4 Å². The molecule has 5 heteroatoms. The lowest BCUT2D eigenvalue weighted by Gasteiger charge is -2.35. The fourth-order valence-electron chi connectivity index (χ4n) is 1.96. The van der Waals surface area contributed by atoms with E-state index < -0.39 is 0 Å². The summed E-state index contributed by atoms with van der Waals surface area (Å²) in [5.41, 5.74) is 0. The van der Waals surface area contributed by atoms with Gasteiger partial charge in [-0.25, -0.2) is 9.97 Å². The zero-order valence-corrected chi connectivity index (χ0v) is 10.4. The Morgan fingerprint density at radius 2 is 2.31 bits per heavy atom. The van der Waals surface area contributed by atoms with Crippen LogP contribution in [0.25, 0.3) is 0 Å². The molecule has 2 rings (SSSR count). The summed E-state index contributed by atoms with van der Waals surface area (Å²) in [5, 5.41) is 10.7. The smallest absolute Gasteiger partial charge is 0.133 e. The Hall–Kier alpha value is -0.810. The number of rotatable bonds is 2. The van der Waals surface area contributed by atoms with Crippen molar-refractivity contribution in [1.82, 2.24) is 9.97 Å². The molecule has 16 heavy (non-hydrogen) atoms. The van der Waals surface area contributed by atoms with Crippen molar-refractivity contribution in [1.29, 1.82) is 0 Å². The zero-order chi connectivity index (χ0) is 11.5. The average molecular weight is 239 g/mol. The van der Waals surface area contributed by atoms with E-state index in [1.165, 1.54) is 0 Å². The summed E-state index contributed by atoms with van der Waals surface area (Å²) in [6.07, 6.45) is 4.27.